The lowest BCUT2D eigenvalue weighted by Crippen LogP contribution is -2.30. The smallest absolute Gasteiger partial charge is 0.238 e. The number of phenols is 1. The van der Waals surface area contributed by atoms with Gasteiger partial charge in [0.05, 0.1) is 22.5 Å². The van der Waals surface area contributed by atoms with Crippen LogP contribution in [-0.4, -0.2) is 16.9 Å². The Kier molecular flexibility index (Phi) is 2.82. The lowest BCUT2D eigenvalue weighted by Gasteiger charge is -2.15. The van der Waals surface area contributed by atoms with Crippen LogP contribution in [0, 0.1) is 11.8 Å². The quantitative estimate of drug-likeness (QED) is 0.634. The first-order valence-electron chi connectivity index (χ1n) is 6.11. The van der Waals surface area contributed by atoms with Crippen LogP contribution in [0.2, 0.25) is 5.02 Å². The van der Waals surface area contributed by atoms with E-state index in [1.54, 1.807) is 6.07 Å². The molecule has 2 amide bonds. The highest BCUT2D eigenvalue weighted by atomic mass is 35.5. The largest absolute Gasteiger partial charge is 0.506 e. The van der Waals surface area contributed by atoms with E-state index in [1.807, 2.05) is 12.2 Å². The van der Waals surface area contributed by atoms with E-state index in [1.165, 1.54) is 17.0 Å². The Bertz CT molecular complexity index is 570. The van der Waals surface area contributed by atoms with Crippen LogP contribution in [0.25, 0.3) is 0 Å². The van der Waals surface area contributed by atoms with Crippen molar-refractivity contribution in [1.29, 1.82) is 0 Å². The zero-order valence-corrected chi connectivity index (χ0v) is 10.8. The number of phenolic OH excluding ortho intramolecular Hbond substituents is 1. The number of anilines is 1. The van der Waals surface area contributed by atoms with Crippen LogP contribution in [0.5, 0.6) is 5.75 Å². The Hall–Kier alpha value is -1.81. The number of carbonyl (C=O) groups excluding carboxylic acids is 2. The minimum Gasteiger partial charge on any atom is -0.506 e. The standard InChI is InChI=1S/C14H12ClNO3/c15-11-6-5-8(7-12(11)17)16-13(18)9-3-1-2-4-10(9)14(16)19/h1-2,5-7,9-10,17H,3-4H2/t9-,10+. The summed E-state index contributed by atoms with van der Waals surface area (Å²) in [6.07, 6.45) is 5.08. The molecule has 1 fully saturated rings. The normalized spacial score (nSPS) is 25.8. The first kappa shape index (κ1) is 12.2. The Balaban J connectivity index is 1.99. The summed E-state index contributed by atoms with van der Waals surface area (Å²) in [7, 11) is 0. The highest BCUT2D eigenvalue weighted by Crippen LogP contribution is 2.39. The summed E-state index contributed by atoms with van der Waals surface area (Å²) in [6.45, 7) is 0. The Morgan fingerprint density at radius 1 is 1.11 bits per heavy atom. The van der Waals surface area contributed by atoms with Gasteiger partial charge in [-0.1, -0.05) is 23.8 Å². The van der Waals surface area contributed by atoms with Crippen LogP contribution in [0.4, 0.5) is 5.69 Å². The number of carbonyl (C=O) groups is 2. The van der Waals surface area contributed by atoms with Gasteiger partial charge in [0.1, 0.15) is 5.75 Å². The molecule has 0 unspecified atom stereocenters. The average molecular weight is 278 g/mol. The molecule has 4 nitrogen and oxygen atoms in total. The lowest BCUT2D eigenvalue weighted by molar-refractivity contribution is -0.122. The fourth-order valence-corrected chi connectivity index (χ4v) is 2.81. The molecule has 98 valence electrons. The van der Waals surface area contributed by atoms with Gasteiger partial charge in [-0.05, 0) is 25.0 Å². The van der Waals surface area contributed by atoms with Crippen LogP contribution >= 0.6 is 11.6 Å². The maximum absolute atomic E-state index is 12.3. The molecule has 3 rings (SSSR count). The first-order valence-corrected chi connectivity index (χ1v) is 6.48. The van der Waals surface area contributed by atoms with Crippen molar-refractivity contribution in [1.82, 2.24) is 0 Å². The number of aromatic hydroxyl groups is 1. The molecule has 2 aliphatic rings. The number of hydrogen-bond acceptors (Lipinski definition) is 3. The number of hydrogen-bond donors (Lipinski definition) is 1. The molecule has 1 heterocycles. The Labute approximate surface area is 115 Å². The van der Waals surface area contributed by atoms with Crippen molar-refractivity contribution in [3.05, 3.63) is 35.4 Å². The molecule has 0 radical (unpaired) electrons. The van der Waals surface area contributed by atoms with Gasteiger partial charge in [-0.25, -0.2) is 4.90 Å². The maximum Gasteiger partial charge on any atom is 0.238 e. The molecule has 1 aromatic carbocycles. The van der Waals surface area contributed by atoms with Crippen molar-refractivity contribution in [3.8, 4) is 5.75 Å². The number of imide groups is 1. The third-order valence-electron chi connectivity index (χ3n) is 3.70. The van der Waals surface area contributed by atoms with Crippen molar-refractivity contribution in [2.75, 3.05) is 4.90 Å². The summed E-state index contributed by atoms with van der Waals surface area (Å²) in [5.41, 5.74) is 0.381. The molecule has 19 heavy (non-hydrogen) atoms. The molecule has 0 bridgehead atoms. The summed E-state index contributed by atoms with van der Waals surface area (Å²) in [5.74, 6) is -1.06. The van der Waals surface area contributed by atoms with E-state index in [0.29, 0.717) is 18.5 Å². The third kappa shape index (κ3) is 1.83. The average Bonchev–Trinajstić information content (AvgIpc) is 2.66. The van der Waals surface area contributed by atoms with E-state index in [9.17, 15) is 14.7 Å². The van der Waals surface area contributed by atoms with E-state index < -0.39 is 0 Å². The Morgan fingerprint density at radius 2 is 1.68 bits per heavy atom. The number of allylic oxidation sites excluding steroid dienone is 2. The van der Waals surface area contributed by atoms with E-state index in [-0.39, 0.29) is 34.4 Å². The Morgan fingerprint density at radius 3 is 2.21 bits per heavy atom. The van der Waals surface area contributed by atoms with Gasteiger partial charge in [0.2, 0.25) is 11.8 Å². The van der Waals surface area contributed by atoms with E-state index in [4.69, 9.17) is 11.6 Å². The molecule has 2 atom stereocenters. The van der Waals surface area contributed by atoms with E-state index >= 15 is 0 Å². The fourth-order valence-electron chi connectivity index (χ4n) is 2.69. The minimum atomic E-state index is -0.268. The topological polar surface area (TPSA) is 57.6 Å². The predicted molar refractivity (Wildman–Crippen MR) is 71.0 cm³/mol. The highest BCUT2D eigenvalue weighted by Gasteiger charge is 2.47. The molecular formula is C14H12ClNO3. The molecule has 1 aromatic rings. The monoisotopic (exact) mass is 277 g/mol. The first-order chi connectivity index (χ1) is 9.09. The highest BCUT2D eigenvalue weighted by molar-refractivity contribution is 6.32. The predicted octanol–water partition coefficient (Wildman–Crippen LogP) is 2.50. The van der Waals surface area contributed by atoms with Gasteiger partial charge in [-0.2, -0.15) is 0 Å². The summed E-state index contributed by atoms with van der Waals surface area (Å²) in [4.78, 5) is 25.8. The SMILES string of the molecule is O=C1[C@H]2CC=CC[C@H]2C(=O)N1c1ccc(Cl)c(O)c1. The number of nitrogens with zero attached hydrogens (tertiary/aromatic N) is 1. The molecule has 1 aliphatic carbocycles. The van der Waals surface area contributed by atoms with Crippen LogP contribution < -0.4 is 4.90 Å². The molecule has 1 N–H and O–H groups in total. The summed E-state index contributed by atoms with van der Waals surface area (Å²) < 4.78 is 0. The molecule has 1 aliphatic heterocycles. The van der Waals surface area contributed by atoms with Crippen LogP contribution in [0.1, 0.15) is 12.8 Å². The second kappa shape index (κ2) is 4.38. The van der Waals surface area contributed by atoms with E-state index in [0.717, 1.165) is 0 Å². The van der Waals surface area contributed by atoms with Crippen LogP contribution in [-0.2, 0) is 9.59 Å². The van der Waals surface area contributed by atoms with E-state index in [2.05, 4.69) is 0 Å². The van der Waals surface area contributed by atoms with Crippen molar-refractivity contribution in [2.24, 2.45) is 11.8 Å². The zero-order valence-electron chi connectivity index (χ0n) is 10.0. The molecule has 0 spiro atoms. The lowest BCUT2D eigenvalue weighted by atomic mass is 9.85. The molecule has 0 saturated carbocycles. The third-order valence-corrected chi connectivity index (χ3v) is 4.02. The summed E-state index contributed by atoms with van der Waals surface area (Å²) in [6, 6.07) is 4.40. The molecular weight excluding hydrogens is 266 g/mol. The number of benzene rings is 1. The van der Waals surface area contributed by atoms with Crippen molar-refractivity contribution >= 4 is 29.1 Å². The zero-order chi connectivity index (χ0) is 13.6. The van der Waals surface area contributed by atoms with Gasteiger partial charge < -0.3 is 5.11 Å². The summed E-state index contributed by atoms with van der Waals surface area (Å²) >= 11 is 5.73. The fraction of sp³-hybridized carbons (Fsp3) is 0.286. The van der Waals surface area contributed by atoms with Gasteiger partial charge in [0.15, 0.2) is 0 Å². The number of halogens is 1. The van der Waals surface area contributed by atoms with Crippen molar-refractivity contribution in [2.45, 2.75) is 12.8 Å². The van der Waals surface area contributed by atoms with Gasteiger partial charge in [0.25, 0.3) is 0 Å². The molecule has 0 aromatic heterocycles. The summed E-state index contributed by atoms with van der Waals surface area (Å²) in [5, 5.41) is 9.79. The van der Waals surface area contributed by atoms with Crippen LogP contribution in [0.15, 0.2) is 30.4 Å². The molecule has 5 heteroatoms. The van der Waals surface area contributed by atoms with Gasteiger partial charge in [-0.3, -0.25) is 9.59 Å². The van der Waals surface area contributed by atoms with Crippen molar-refractivity contribution in [3.63, 3.8) is 0 Å². The number of amides is 2. The van der Waals surface area contributed by atoms with Gasteiger partial charge in [0, 0.05) is 6.07 Å². The second-order valence-corrected chi connectivity index (χ2v) is 5.21. The number of rotatable bonds is 1. The second-order valence-electron chi connectivity index (χ2n) is 4.80. The van der Waals surface area contributed by atoms with Gasteiger partial charge >= 0.3 is 0 Å². The van der Waals surface area contributed by atoms with Crippen molar-refractivity contribution < 1.29 is 14.7 Å². The number of fused-ring (bicyclic) bond motifs is 1. The van der Waals surface area contributed by atoms with Gasteiger partial charge in [-0.15, -0.1) is 0 Å². The van der Waals surface area contributed by atoms with Crippen LogP contribution in [0.3, 0.4) is 0 Å². The molecule has 1 saturated heterocycles. The maximum atomic E-state index is 12.3. The minimum absolute atomic E-state index is 0.132.